The van der Waals surface area contributed by atoms with Crippen molar-refractivity contribution in [3.63, 3.8) is 0 Å². The maximum absolute atomic E-state index is 11.6. The van der Waals surface area contributed by atoms with Gasteiger partial charge in [-0.05, 0) is 19.1 Å². The quantitative estimate of drug-likeness (QED) is 0.571. The molecule has 0 saturated carbocycles. The highest BCUT2D eigenvalue weighted by molar-refractivity contribution is 9.10. The Hall–Kier alpha value is -0.710. The van der Waals surface area contributed by atoms with E-state index in [0.29, 0.717) is 25.4 Å². The van der Waals surface area contributed by atoms with E-state index >= 15 is 0 Å². The van der Waals surface area contributed by atoms with E-state index in [9.17, 15) is 4.79 Å². The van der Waals surface area contributed by atoms with Gasteiger partial charge in [-0.25, -0.2) is 0 Å². The highest BCUT2D eigenvalue weighted by Gasteiger charge is 2.05. The molecular formula is C12H15BrO3. The second-order valence-corrected chi connectivity index (χ2v) is 4.10. The summed E-state index contributed by atoms with van der Waals surface area (Å²) < 4.78 is 11.2. The molecule has 0 heterocycles. The highest BCUT2D eigenvalue weighted by Crippen LogP contribution is 2.10. The molecule has 0 amide bonds. The van der Waals surface area contributed by atoms with Crippen LogP contribution in [0, 0.1) is 0 Å². The van der Waals surface area contributed by atoms with Gasteiger partial charge in [-0.15, -0.1) is 0 Å². The van der Waals surface area contributed by atoms with Crippen molar-refractivity contribution in [2.45, 2.75) is 6.92 Å². The first-order valence-electron chi connectivity index (χ1n) is 5.18. The van der Waals surface area contributed by atoms with Gasteiger partial charge in [-0.2, -0.15) is 0 Å². The van der Waals surface area contributed by atoms with E-state index in [4.69, 9.17) is 9.47 Å². The van der Waals surface area contributed by atoms with E-state index < -0.39 is 0 Å². The number of Topliss-reactive ketones (excluding diaryl/α,β-unsaturated/α-hetero) is 1. The number of rotatable bonds is 7. The van der Waals surface area contributed by atoms with Crippen LogP contribution in [0.4, 0.5) is 0 Å². The normalized spacial score (nSPS) is 10.4. The van der Waals surface area contributed by atoms with Crippen molar-refractivity contribution in [2.24, 2.45) is 0 Å². The van der Waals surface area contributed by atoms with Crippen LogP contribution in [-0.2, 0) is 9.47 Å². The van der Waals surface area contributed by atoms with Gasteiger partial charge in [0.05, 0.1) is 13.2 Å². The molecule has 0 aliphatic heterocycles. The van der Waals surface area contributed by atoms with Crippen LogP contribution in [0.3, 0.4) is 0 Å². The lowest BCUT2D eigenvalue weighted by atomic mass is 10.1. The predicted octanol–water partition coefficient (Wildman–Crippen LogP) is 2.68. The van der Waals surface area contributed by atoms with Crippen LogP contribution in [0.1, 0.15) is 17.3 Å². The molecule has 0 fully saturated rings. The van der Waals surface area contributed by atoms with Gasteiger partial charge in [0.25, 0.3) is 0 Å². The van der Waals surface area contributed by atoms with E-state index in [0.717, 1.165) is 4.47 Å². The number of hydrogen-bond donors (Lipinski definition) is 0. The molecule has 0 unspecified atom stereocenters. The zero-order chi connectivity index (χ0) is 11.8. The maximum Gasteiger partial charge on any atom is 0.188 e. The summed E-state index contributed by atoms with van der Waals surface area (Å²) in [4.78, 5) is 11.6. The summed E-state index contributed by atoms with van der Waals surface area (Å²) >= 11 is 3.32. The van der Waals surface area contributed by atoms with Gasteiger partial charge in [-0.1, -0.05) is 28.1 Å². The number of ether oxygens (including phenoxy) is 2. The van der Waals surface area contributed by atoms with E-state index in [-0.39, 0.29) is 12.4 Å². The lowest BCUT2D eigenvalue weighted by molar-refractivity contribution is 0.0475. The molecule has 0 spiro atoms. The standard InChI is InChI=1S/C12H15BrO3/c1-2-15-7-8-16-9-12(14)10-3-5-11(13)6-4-10/h3-6H,2,7-9H2,1H3. The smallest absolute Gasteiger partial charge is 0.188 e. The number of ketones is 1. The van der Waals surface area contributed by atoms with Crippen molar-refractivity contribution in [1.29, 1.82) is 0 Å². The number of carbonyl (C=O) groups excluding carboxylic acids is 1. The monoisotopic (exact) mass is 286 g/mol. The number of halogens is 1. The molecule has 0 aliphatic carbocycles. The molecule has 1 aromatic rings. The molecule has 0 bridgehead atoms. The summed E-state index contributed by atoms with van der Waals surface area (Å²) in [5, 5.41) is 0. The summed E-state index contributed by atoms with van der Waals surface area (Å²) in [7, 11) is 0. The Kier molecular flexibility index (Phi) is 6.30. The molecule has 0 N–H and O–H groups in total. The van der Waals surface area contributed by atoms with Crippen molar-refractivity contribution in [2.75, 3.05) is 26.4 Å². The van der Waals surface area contributed by atoms with Crippen LogP contribution in [-0.4, -0.2) is 32.2 Å². The van der Waals surface area contributed by atoms with Gasteiger partial charge >= 0.3 is 0 Å². The van der Waals surface area contributed by atoms with E-state index in [2.05, 4.69) is 15.9 Å². The third-order valence-corrected chi connectivity index (χ3v) is 2.50. The van der Waals surface area contributed by atoms with Crippen molar-refractivity contribution in [3.8, 4) is 0 Å². The number of benzene rings is 1. The Balaban J connectivity index is 2.27. The van der Waals surface area contributed by atoms with E-state index in [1.165, 1.54) is 0 Å². The minimum atomic E-state index is -0.0102. The molecule has 1 aromatic carbocycles. The summed E-state index contributed by atoms with van der Waals surface area (Å²) in [6.45, 7) is 3.69. The van der Waals surface area contributed by atoms with Crippen LogP contribution in [0.15, 0.2) is 28.7 Å². The molecule has 3 nitrogen and oxygen atoms in total. The molecular weight excluding hydrogens is 272 g/mol. The van der Waals surface area contributed by atoms with Crippen LogP contribution < -0.4 is 0 Å². The fourth-order valence-corrected chi connectivity index (χ4v) is 1.41. The zero-order valence-corrected chi connectivity index (χ0v) is 10.8. The summed E-state index contributed by atoms with van der Waals surface area (Å²) in [6, 6.07) is 7.23. The Morgan fingerprint density at radius 3 is 2.44 bits per heavy atom. The minimum absolute atomic E-state index is 0.0102. The van der Waals surface area contributed by atoms with Crippen LogP contribution in [0.5, 0.6) is 0 Å². The Morgan fingerprint density at radius 2 is 1.81 bits per heavy atom. The largest absolute Gasteiger partial charge is 0.379 e. The van der Waals surface area contributed by atoms with E-state index in [1.54, 1.807) is 12.1 Å². The molecule has 0 atom stereocenters. The lowest BCUT2D eigenvalue weighted by Crippen LogP contribution is -2.12. The summed E-state index contributed by atoms with van der Waals surface area (Å²) in [6.07, 6.45) is 0. The number of carbonyl (C=O) groups is 1. The van der Waals surface area contributed by atoms with E-state index in [1.807, 2.05) is 19.1 Å². The van der Waals surface area contributed by atoms with Gasteiger partial charge in [0.2, 0.25) is 0 Å². The SMILES string of the molecule is CCOCCOCC(=O)c1ccc(Br)cc1. The topological polar surface area (TPSA) is 35.5 Å². The van der Waals surface area contributed by atoms with Crippen molar-refractivity contribution >= 4 is 21.7 Å². The average molecular weight is 287 g/mol. The predicted molar refractivity (Wildman–Crippen MR) is 65.8 cm³/mol. The first kappa shape index (κ1) is 13.4. The van der Waals surface area contributed by atoms with Gasteiger partial charge in [0, 0.05) is 16.6 Å². The fraction of sp³-hybridized carbons (Fsp3) is 0.417. The molecule has 16 heavy (non-hydrogen) atoms. The van der Waals surface area contributed by atoms with Gasteiger partial charge in [0.1, 0.15) is 6.61 Å². The zero-order valence-electron chi connectivity index (χ0n) is 9.24. The average Bonchev–Trinajstić information content (AvgIpc) is 2.29. The molecule has 0 aromatic heterocycles. The third kappa shape index (κ3) is 4.88. The van der Waals surface area contributed by atoms with Crippen molar-refractivity contribution in [1.82, 2.24) is 0 Å². The first-order valence-corrected chi connectivity index (χ1v) is 5.97. The molecule has 4 heteroatoms. The molecule has 0 saturated heterocycles. The van der Waals surface area contributed by atoms with Crippen LogP contribution >= 0.6 is 15.9 Å². The molecule has 0 aliphatic rings. The fourth-order valence-electron chi connectivity index (χ4n) is 1.15. The first-order chi connectivity index (χ1) is 7.74. The van der Waals surface area contributed by atoms with Crippen molar-refractivity contribution in [3.05, 3.63) is 34.3 Å². The minimum Gasteiger partial charge on any atom is -0.379 e. The Bertz CT molecular complexity index is 322. The van der Waals surface area contributed by atoms with Crippen LogP contribution in [0.2, 0.25) is 0 Å². The van der Waals surface area contributed by atoms with Gasteiger partial charge in [-0.3, -0.25) is 4.79 Å². The highest BCUT2D eigenvalue weighted by atomic mass is 79.9. The Labute approximate surface area is 104 Å². The van der Waals surface area contributed by atoms with Gasteiger partial charge in [0.15, 0.2) is 5.78 Å². The summed E-state index contributed by atoms with van der Waals surface area (Å²) in [5.41, 5.74) is 0.666. The summed E-state index contributed by atoms with van der Waals surface area (Å²) in [5.74, 6) is -0.0102. The second kappa shape index (κ2) is 7.54. The van der Waals surface area contributed by atoms with Crippen molar-refractivity contribution < 1.29 is 14.3 Å². The lowest BCUT2D eigenvalue weighted by Gasteiger charge is -2.04. The molecule has 1 rings (SSSR count). The van der Waals surface area contributed by atoms with Crippen LogP contribution in [0.25, 0.3) is 0 Å². The second-order valence-electron chi connectivity index (χ2n) is 3.18. The Morgan fingerprint density at radius 1 is 1.19 bits per heavy atom. The molecule has 0 radical (unpaired) electrons. The number of hydrogen-bond acceptors (Lipinski definition) is 3. The maximum atomic E-state index is 11.6. The van der Waals surface area contributed by atoms with Gasteiger partial charge < -0.3 is 9.47 Å². The third-order valence-electron chi connectivity index (χ3n) is 1.98. The molecule has 88 valence electrons.